The van der Waals surface area contributed by atoms with Crippen molar-refractivity contribution < 1.29 is 24.2 Å². The maximum atomic E-state index is 13.2. The number of amides is 2. The number of carboxylic acids is 1. The van der Waals surface area contributed by atoms with Crippen molar-refractivity contribution in [2.45, 2.75) is 51.3 Å². The lowest BCUT2D eigenvalue weighted by atomic mass is 10.0. The van der Waals surface area contributed by atoms with Gasteiger partial charge < -0.3 is 25.0 Å². The van der Waals surface area contributed by atoms with Gasteiger partial charge in [-0.05, 0) is 38.0 Å². The lowest BCUT2D eigenvalue weighted by molar-refractivity contribution is -0.142. The van der Waals surface area contributed by atoms with E-state index in [-0.39, 0.29) is 12.8 Å². The van der Waals surface area contributed by atoms with E-state index in [1.165, 1.54) is 0 Å². The summed E-state index contributed by atoms with van der Waals surface area (Å²) in [6.45, 7) is 5.18. The summed E-state index contributed by atoms with van der Waals surface area (Å²) in [5, 5.41) is 16.0. The minimum atomic E-state index is -1.17. The van der Waals surface area contributed by atoms with Crippen LogP contribution in [0.25, 0.3) is 10.9 Å². The van der Waals surface area contributed by atoms with E-state index in [1.807, 2.05) is 72.4 Å². The summed E-state index contributed by atoms with van der Waals surface area (Å²) >= 11 is 0. The quantitative estimate of drug-likeness (QED) is 0.472. The van der Waals surface area contributed by atoms with Gasteiger partial charge in [-0.15, -0.1) is 0 Å². The van der Waals surface area contributed by atoms with E-state index in [4.69, 9.17) is 4.74 Å². The number of nitrogens with one attached hydrogen (secondary N) is 2. The van der Waals surface area contributed by atoms with Crippen LogP contribution in [0.1, 0.15) is 31.9 Å². The largest absolute Gasteiger partial charge is 0.480 e. The number of aliphatic carboxylic acids is 1. The van der Waals surface area contributed by atoms with Crippen LogP contribution in [-0.4, -0.2) is 45.3 Å². The first-order chi connectivity index (χ1) is 16.0. The Morgan fingerprint density at radius 3 is 2.24 bits per heavy atom. The number of hydrogen-bond donors (Lipinski definition) is 3. The molecule has 3 aromatic rings. The molecule has 0 radical (unpaired) electrons. The zero-order valence-electron chi connectivity index (χ0n) is 19.9. The average Bonchev–Trinajstić information content (AvgIpc) is 3.07. The van der Waals surface area contributed by atoms with E-state index >= 15 is 0 Å². The first-order valence-corrected chi connectivity index (χ1v) is 11.1. The SMILES string of the molecule is Cn1cc(C[C@@H](NC(=O)[C@H](Cc2ccccc2)NC(=O)OC(C)(C)C)C(=O)O)c2ccccc21. The molecule has 0 saturated heterocycles. The number of fused-ring (bicyclic) bond motifs is 1. The molecule has 0 spiro atoms. The Bertz CT molecular complexity index is 1160. The van der Waals surface area contributed by atoms with E-state index in [0.29, 0.717) is 0 Å². The van der Waals surface area contributed by atoms with Gasteiger partial charge in [0, 0.05) is 37.0 Å². The van der Waals surface area contributed by atoms with Gasteiger partial charge in [-0.1, -0.05) is 48.5 Å². The fourth-order valence-electron chi connectivity index (χ4n) is 3.79. The number of para-hydroxylation sites is 1. The number of aromatic nitrogens is 1. The minimum Gasteiger partial charge on any atom is -0.480 e. The van der Waals surface area contributed by atoms with Crippen LogP contribution in [0.5, 0.6) is 0 Å². The van der Waals surface area contributed by atoms with Crippen LogP contribution in [0.4, 0.5) is 4.79 Å². The maximum Gasteiger partial charge on any atom is 0.408 e. The summed E-state index contributed by atoms with van der Waals surface area (Å²) in [7, 11) is 1.89. The molecule has 8 heteroatoms. The predicted molar refractivity (Wildman–Crippen MR) is 129 cm³/mol. The van der Waals surface area contributed by atoms with E-state index in [1.54, 1.807) is 20.8 Å². The Morgan fingerprint density at radius 1 is 0.941 bits per heavy atom. The summed E-state index contributed by atoms with van der Waals surface area (Å²) in [5.41, 5.74) is 1.86. The van der Waals surface area contributed by atoms with Crippen molar-refractivity contribution in [1.29, 1.82) is 0 Å². The summed E-state index contributed by atoms with van der Waals surface area (Å²) in [5.74, 6) is -1.75. The third-order valence-electron chi connectivity index (χ3n) is 5.31. The summed E-state index contributed by atoms with van der Waals surface area (Å²) < 4.78 is 7.23. The van der Waals surface area contributed by atoms with Gasteiger partial charge in [-0.2, -0.15) is 0 Å². The Kier molecular flexibility index (Phi) is 7.61. The highest BCUT2D eigenvalue weighted by atomic mass is 16.6. The second-order valence-corrected chi connectivity index (χ2v) is 9.27. The Labute approximate surface area is 198 Å². The second kappa shape index (κ2) is 10.4. The molecule has 0 saturated carbocycles. The van der Waals surface area contributed by atoms with Crippen LogP contribution in [0.3, 0.4) is 0 Å². The molecule has 1 aromatic heterocycles. The molecule has 180 valence electrons. The van der Waals surface area contributed by atoms with Gasteiger partial charge >= 0.3 is 12.1 Å². The molecule has 0 aliphatic heterocycles. The zero-order valence-corrected chi connectivity index (χ0v) is 19.9. The summed E-state index contributed by atoms with van der Waals surface area (Å²) in [6, 6.07) is 14.7. The van der Waals surface area contributed by atoms with Crippen LogP contribution in [0, 0.1) is 0 Å². The highest BCUT2D eigenvalue weighted by Gasteiger charge is 2.29. The van der Waals surface area contributed by atoms with Gasteiger partial charge in [0.05, 0.1) is 0 Å². The molecule has 0 bridgehead atoms. The van der Waals surface area contributed by atoms with E-state index in [9.17, 15) is 19.5 Å². The second-order valence-electron chi connectivity index (χ2n) is 9.27. The van der Waals surface area contributed by atoms with Gasteiger partial charge in [0.2, 0.25) is 5.91 Å². The van der Waals surface area contributed by atoms with Crippen molar-refractivity contribution in [3.8, 4) is 0 Å². The molecule has 8 nitrogen and oxygen atoms in total. The molecule has 0 fully saturated rings. The maximum absolute atomic E-state index is 13.2. The number of rotatable bonds is 8. The smallest absolute Gasteiger partial charge is 0.408 e. The third kappa shape index (κ3) is 6.60. The van der Waals surface area contributed by atoms with Crippen molar-refractivity contribution >= 4 is 28.9 Å². The molecule has 3 N–H and O–H groups in total. The number of ether oxygens (including phenoxy) is 1. The molecular weight excluding hydrogens is 434 g/mol. The van der Waals surface area contributed by atoms with E-state index in [2.05, 4.69) is 10.6 Å². The van der Waals surface area contributed by atoms with E-state index < -0.39 is 35.7 Å². The lowest BCUT2D eigenvalue weighted by Gasteiger charge is -2.24. The lowest BCUT2D eigenvalue weighted by Crippen LogP contribution is -2.53. The van der Waals surface area contributed by atoms with Crippen LogP contribution >= 0.6 is 0 Å². The molecule has 34 heavy (non-hydrogen) atoms. The van der Waals surface area contributed by atoms with Crippen LogP contribution < -0.4 is 10.6 Å². The first-order valence-electron chi connectivity index (χ1n) is 11.1. The Morgan fingerprint density at radius 2 is 1.59 bits per heavy atom. The number of benzene rings is 2. The Balaban J connectivity index is 1.80. The number of carbonyl (C=O) groups is 3. The molecular formula is C26H31N3O5. The molecule has 0 aliphatic carbocycles. The normalized spacial score (nSPS) is 13.2. The molecule has 3 rings (SSSR count). The van der Waals surface area contributed by atoms with Gasteiger partial charge in [-0.25, -0.2) is 9.59 Å². The van der Waals surface area contributed by atoms with Crippen molar-refractivity contribution in [3.05, 3.63) is 71.9 Å². The number of hydrogen-bond acceptors (Lipinski definition) is 4. The fourth-order valence-corrected chi connectivity index (χ4v) is 3.79. The number of nitrogens with zero attached hydrogens (tertiary/aromatic N) is 1. The standard InChI is InChI=1S/C26H31N3O5/c1-26(2,3)34-25(33)28-20(14-17-10-6-5-7-11-17)23(30)27-21(24(31)32)15-18-16-29(4)22-13-9-8-12-19(18)22/h5-13,16,20-21H,14-15H2,1-4H3,(H,27,30)(H,28,33)(H,31,32)/t20-,21+/m0/s1. The molecule has 1 heterocycles. The van der Waals surface area contributed by atoms with Crippen molar-refractivity contribution in [1.82, 2.24) is 15.2 Å². The van der Waals surface area contributed by atoms with Crippen molar-refractivity contribution in [2.24, 2.45) is 7.05 Å². The number of carboxylic acid groups (broad SMARTS) is 1. The summed E-state index contributed by atoms with van der Waals surface area (Å²) in [6.07, 6.45) is 1.41. The van der Waals surface area contributed by atoms with Crippen LogP contribution in [0.2, 0.25) is 0 Å². The van der Waals surface area contributed by atoms with Gasteiger partial charge in [-0.3, -0.25) is 4.79 Å². The van der Waals surface area contributed by atoms with Gasteiger partial charge in [0.1, 0.15) is 17.7 Å². The highest BCUT2D eigenvalue weighted by molar-refractivity contribution is 5.90. The third-order valence-corrected chi connectivity index (χ3v) is 5.31. The number of aryl methyl sites for hydroxylation is 1. The summed E-state index contributed by atoms with van der Waals surface area (Å²) in [4.78, 5) is 37.6. The van der Waals surface area contributed by atoms with Crippen molar-refractivity contribution in [3.63, 3.8) is 0 Å². The first kappa shape index (κ1) is 24.8. The van der Waals surface area contributed by atoms with Crippen LogP contribution in [0.15, 0.2) is 60.8 Å². The van der Waals surface area contributed by atoms with Crippen molar-refractivity contribution in [2.75, 3.05) is 0 Å². The molecule has 2 aromatic carbocycles. The minimum absolute atomic E-state index is 0.104. The molecule has 0 aliphatic rings. The van der Waals surface area contributed by atoms with E-state index in [0.717, 1.165) is 22.0 Å². The molecule has 0 unspecified atom stereocenters. The van der Waals surface area contributed by atoms with Gasteiger partial charge in [0.15, 0.2) is 0 Å². The average molecular weight is 466 g/mol. The van der Waals surface area contributed by atoms with Crippen LogP contribution in [-0.2, 0) is 34.2 Å². The molecule has 2 atom stereocenters. The monoisotopic (exact) mass is 465 g/mol. The molecule has 2 amide bonds. The Hall–Kier alpha value is -3.81. The highest BCUT2D eigenvalue weighted by Crippen LogP contribution is 2.21. The van der Waals surface area contributed by atoms with Gasteiger partial charge in [0.25, 0.3) is 0 Å². The fraction of sp³-hybridized carbons (Fsp3) is 0.346. The topological polar surface area (TPSA) is 110 Å². The predicted octanol–water partition coefficient (Wildman–Crippen LogP) is 3.43. The number of alkyl carbamates (subject to hydrolysis) is 1. The number of carbonyl (C=O) groups excluding carboxylic acids is 2. The zero-order chi connectivity index (χ0) is 24.9.